The van der Waals surface area contributed by atoms with Crippen molar-refractivity contribution in [1.82, 2.24) is 10.2 Å². The van der Waals surface area contributed by atoms with Gasteiger partial charge in [-0.1, -0.05) is 30.9 Å². The summed E-state index contributed by atoms with van der Waals surface area (Å²) in [5.74, 6) is -0.205. The smallest absolute Gasteiger partial charge is 0.255 e. The molecule has 1 unspecified atom stereocenters. The number of hydrogen-bond acceptors (Lipinski definition) is 5. The molecule has 0 bridgehead atoms. The number of allylic oxidation sites excluding steroid dienone is 3. The maximum atomic E-state index is 12.7. The first-order chi connectivity index (χ1) is 14.5. The van der Waals surface area contributed by atoms with Crippen molar-refractivity contribution in [2.24, 2.45) is 0 Å². The van der Waals surface area contributed by atoms with Crippen molar-refractivity contribution in [2.45, 2.75) is 37.9 Å². The highest BCUT2D eigenvalue weighted by molar-refractivity contribution is 5.97. The predicted octanol–water partition coefficient (Wildman–Crippen LogP) is 2.05. The van der Waals surface area contributed by atoms with Gasteiger partial charge in [-0.05, 0) is 38.0 Å². The monoisotopic (exact) mass is 411 g/mol. The van der Waals surface area contributed by atoms with E-state index in [1.165, 1.54) is 12.2 Å². The second kappa shape index (κ2) is 9.82. The Balaban J connectivity index is 1.54. The Labute approximate surface area is 177 Å². The van der Waals surface area contributed by atoms with Gasteiger partial charge in [-0.25, -0.2) is 0 Å². The molecule has 2 fully saturated rings. The van der Waals surface area contributed by atoms with Crippen LogP contribution < -0.4 is 10.2 Å². The Kier molecular flexibility index (Phi) is 7.18. The topological polar surface area (TPSA) is 79.0 Å². The Bertz CT molecular complexity index is 813. The van der Waals surface area contributed by atoms with E-state index in [-0.39, 0.29) is 23.1 Å². The lowest BCUT2D eigenvalue weighted by Crippen LogP contribution is -2.61. The molecule has 1 aromatic carbocycles. The van der Waals surface area contributed by atoms with Gasteiger partial charge in [0.05, 0.1) is 17.8 Å². The summed E-state index contributed by atoms with van der Waals surface area (Å²) >= 11 is 0. The molecule has 2 aliphatic rings. The molecule has 1 atom stereocenters. The number of rotatable bonds is 7. The number of likely N-dealkylation sites (tertiary alicyclic amines) is 1. The summed E-state index contributed by atoms with van der Waals surface area (Å²) < 4.78 is 6.19. The van der Waals surface area contributed by atoms with Crippen molar-refractivity contribution >= 4 is 23.8 Å². The van der Waals surface area contributed by atoms with Gasteiger partial charge in [0.25, 0.3) is 5.91 Å². The normalized spacial score (nSPS) is 22.0. The first kappa shape index (κ1) is 21.9. The number of piperidine rings is 1. The fraction of sp³-hybridized carbons (Fsp3) is 0.435. The molecule has 1 N–H and O–H groups in total. The largest absolute Gasteiger partial charge is 0.360 e. The number of amides is 2. The number of aldehydes is 1. The minimum atomic E-state index is -0.477. The lowest BCUT2D eigenvalue weighted by atomic mass is 9.88. The summed E-state index contributed by atoms with van der Waals surface area (Å²) in [6, 6.07) is 9.71. The number of benzene rings is 1. The number of anilines is 1. The molecule has 1 aromatic rings. The minimum Gasteiger partial charge on any atom is -0.360 e. The van der Waals surface area contributed by atoms with Gasteiger partial charge in [0, 0.05) is 31.7 Å². The van der Waals surface area contributed by atoms with Crippen LogP contribution in [-0.2, 0) is 19.1 Å². The quantitative estimate of drug-likeness (QED) is 0.422. The van der Waals surface area contributed by atoms with Crippen LogP contribution in [0.1, 0.15) is 26.2 Å². The Morgan fingerprint density at radius 3 is 2.63 bits per heavy atom. The molecule has 2 saturated heterocycles. The fourth-order valence-corrected chi connectivity index (χ4v) is 4.06. The number of ether oxygens (including phenoxy) is 1. The van der Waals surface area contributed by atoms with Crippen LogP contribution in [0.25, 0.3) is 0 Å². The van der Waals surface area contributed by atoms with Crippen molar-refractivity contribution in [3.05, 3.63) is 54.8 Å². The van der Waals surface area contributed by atoms with Gasteiger partial charge in [-0.15, -0.1) is 0 Å². The molecule has 2 amide bonds. The summed E-state index contributed by atoms with van der Waals surface area (Å²) in [5.41, 5.74) is 0.747. The van der Waals surface area contributed by atoms with Crippen molar-refractivity contribution in [2.75, 3.05) is 31.1 Å². The van der Waals surface area contributed by atoms with Crippen LogP contribution in [-0.4, -0.2) is 60.9 Å². The third-order valence-corrected chi connectivity index (χ3v) is 5.69. The summed E-state index contributed by atoms with van der Waals surface area (Å²) in [7, 11) is 0. The van der Waals surface area contributed by atoms with E-state index in [1.807, 2.05) is 42.2 Å². The van der Waals surface area contributed by atoms with E-state index in [0.29, 0.717) is 25.8 Å². The molecule has 0 saturated carbocycles. The third-order valence-electron chi connectivity index (χ3n) is 5.69. The van der Waals surface area contributed by atoms with E-state index in [9.17, 15) is 14.4 Å². The molecule has 1 spiro atoms. The van der Waals surface area contributed by atoms with Gasteiger partial charge in [-0.2, -0.15) is 0 Å². The van der Waals surface area contributed by atoms with Crippen molar-refractivity contribution in [1.29, 1.82) is 0 Å². The van der Waals surface area contributed by atoms with E-state index in [1.54, 1.807) is 0 Å². The van der Waals surface area contributed by atoms with Gasteiger partial charge in [0.15, 0.2) is 6.29 Å². The van der Waals surface area contributed by atoms with Crippen LogP contribution in [0.15, 0.2) is 54.8 Å². The average molecular weight is 412 g/mol. The van der Waals surface area contributed by atoms with Gasteiger partial charge in [-0.3, -0.25) is 14.4 Å². The van der Waals surface area contributed by atoms with Crippen LogP contribution >= 0.6 is 0 Å². The zero-order valence-corrected chi connectivity index (χ0v) is 17.4. The maximum absolute atomic E-state index is 12.7. The number of carbonyl (C=O) groups is 3. The summed E-state index contributed by atoms with van der Waals surface area (Å²) in [6.07, 6.45) is 4.96. The Morgan fingerprint density at radius 1 is 1.30 bits per heavy atom. The standard InChI is InChI=1S/C23H29N3O4/c1-3-7-19(16-27)24-21(28)10-13-25-14-11-23(12-15-25)17-26(22(29)18(2)30-23)20-8-5-4-6-9-20/h3-9,16,18H,1,10-15,17H2,2H3,(H,24,28)/b19-7+. The molecule has 0 aliphatic carbocycles. The van der Waals surface area contributed by atoms with E-state index < -0.39 is 6.10 Å². The molecule has 0 aromatic heterocycles. The first-order valence-electron chi connectivity index (χ1n) is 10.3. The third kappa shape index (κ3) is 5.23. The lowest BCUT2D eigenvalue weighted by molar-refractivity contribution is -0.161. The zero-order valence-electron chi connectivity index (χ0n) is 17.4. The van der Waals surface area contributed by atoms with Crippen molar-refractivity contribution in [3.63, 3.8) is 0 Å². The van der Waals surface area contributed by atoms with E-state index in [2.05, 4.69) is 16.8 Å². The first-order valence-corrected chi connectivity index (χ1v) is 10.3. The molecule has 7 heteroatoms. The van der Waals surface area contributed by atoms with Crippen LogP contribution in [0.2, 0.25) is 0 Å². The second-order valence-electron chi connectivity index (χ2n) is 7.82. The Hall–Kier alpha value is -2.77. The van der Waals surface area contributed by atoms with Crippen LogP contribution in [0.3, 0.4) is 0 Å². The maximum Gasteiger partial charge on any atom is 0.255 e. The minimum absolute atomic E-state index is 0.00973. The number of morpholine rings is 1. The second-order valence-corrected chi connectivity index (χ2v) is 7.82. The highest BCUT2D eigenvalue weighted by Gasteiger charge is 2.45. The molecular weight excluding hydrogens is 382 g/mol. The van der Waals surface area contributed by atoms with E-state index >= 15 is 0 Å². The lowest BCUT2D eigenvalue weighted by Gasteiger charge is -2.49. The van der Waals surface area contributed by atoms with Gasteiger partial charge in [0.2, 0.25) is 5.91 Å². The predicted molar refractivity (Wildman–Crippen MR) is 115 cm³/mol. The fourth-order valence-electron chi connectivity index (χ4n) is 4.06. The molecule has 160 valence electrons. The summed E-state index contributed by atoms with van der Waals surface area (Å²) in [6.45, 7) is 8.08. The van der Waals surface area contributed by atoms with Crippen LogP contribution in [0.5, 0.6) is 0 Å². The number of para-hydroxylation sites is 1. The molecule has 2 aliphatic heterocycles. The highest BCUT2D eigenvalue weighted by atomic mass is 16.5. The molecule has 7 nitrogen and oxygen atoms in total. The SMILES string of the molecule is C=C/C=C(\C=O)NC(=O)CCN1CCC2(CC1)CN(c1ccccc1)C(=O)C(C)O2. The summed E-state index contributed by atoms with van der Waals surface area (Å²) in [4.78, 5) is 39.7. The number of carbonyl (C=O) groups excluding carboxylic acids is 3. The summed E-state index contributed by atoms with van der Waals surface area (Å²) in [5, 5.41) is 2.59. The molecule has 3 rings (SSSR count). The van der Waals surface area contributed by atoms with E-state index in [4.69, 9.17) is 4.74 Å². The van der Waals surface area contributed by atoms with Gasteiger partial charge >= 0.3 is 0 Å². The molecule has 0 radical (unpaired) electrons. The number of nitrogens with one attached hydrogen (secondary N) is 1. The van der Waals surface area contributed by atoms with Crippen molar-refractivity contribution in [3.8, 4) is 0 Å². The van der Waals surface area contributed by atoms with Gasteiger partial charge < -0.3 is 19.9 Å². The van der Waals surface area contributed by atoms with Crippen LogP contribution in [0, 0.1) is 0 Å². The average Bonchev–Trinajstić information content (AvgIpc) is 2.76. The number of hydrogen-bond donors (Lipinski definition) is 1. The highest BCUT2D eigenvalue weighted by Crippen LogP contribution is 2.34. The molecule has 30 heavy (non-hydrogen) atoms. The van der Waals surface area contributed by atoms with E-state index in [0.717, 1.165) is 31.6 Å². The molecule has 2 heterocycles. The van der Waals surface area contributed by atoms with Crippen molar-refractivity contribution < 1.29 is 19.1 Å². The van der Waals surface area contributed by atoms with Crippen LogP contribution in [0.4, 0.5) is 5.69 Å². The zero-order chi connectivity index (χ0) is 21.6. The molecular formula is C23H29N3O4. The number of nitrogens with zero attached hydrogens (tertiary/aromatic N) is 2. The Morgan fingerprint density at radius 2 is 2.00 bits per heavy atom. The van der Waals surface area contributed by atoms with Gasteiger partial charge in [0.1, 0.15) is 6.10 Å².